The number of benzene rings is 3. The SMILES string of the molecule is [Ir].[c-]1ccc2c(oc3ccccc32)c1-c1cc(C23CCC(CC2)C3)ccn1.[c-]1ccccc1-c1ccccn1. The Bertz CT molecular complexity index is 1670. The molecule has 1 radical (unpaired) electrons. The summed E-state index contributed by atoms with van der Waals surface area (Å²) in [7, 11) is 0. The summed E-state index contributed by atoms with van der Waals surface area (Å²) in [4.78, 5) is 8.91. The second-order valence-corrected chi connectivity index (χ2v) is 10.5. The Labute approximate surface area is 242 Å². The van der Waals surface area contributed by atoms with E-state index in [0.29, 0.717) is 5.41 Å². The molecule has 0 atom stereocenters. The van der Waals surface area contributed by atoms with Crippen molar-refractivity contribution in [3.63, 3.8) is 0 Å². The van der Waals surface area contributed by atoms with Gasteiger partial charge in [0.15, 0.2) is 0 Å². The van der Waals surface area contributed by atoms with Crippen molar-refractivity contribution in [3.8, 4) is 22.5 Å². The fourth-order valence-corrected chi connectivity index (χ4v) is 6.45. The van der Waals surface area contributed by atoms with Gasteiger partial charge in [0.25, 0.3) is 0 Å². The van der Waals surface area contributed by atoms with Crippen LogP contribution in [0.4, 0.5) is 0 Å². The largest absolute Gasteiger partial charge is 0.501 e. The van der Waals surface area contributed by atoms with Crippen molar-refractivity contribution in [3.05, 3.63) is 121 Å². The van der Waals surface area contributed by atoms with E-state index in [1.165, 1.54) is 37.7 Å². The Kier molecular flexibility index (Phi) is 7.16. The van der Waals surface area contributed by atoms with Crippen LogP contribution < -0.4 is 0 Å². The number of para-hydroxylation sites is 1. The summed E-state index contributed by atoms with van der Waals surface area (Å²) in [5, 5.41) is 2.29. The van der Waals surface area contributed by atoms with Gasteiger partial charge in [-0.3, -0.25) is 0 Å². The molecule has 3 aromatic carbocycles. The first-order valence-electron chi connectivity index (χ1n) is 13.5. The molecule has 195 valence electrons. The number of pyridine rings is 2. The standard InChI is InChI=1S/C24H20NO.C11H8N.Ir/c1-2-7-22-18(4-1)19-5-3-6-20(23(19)26-22)21-14-17(10-13-25-21)24-11-8-16(15-24)9-12-24;1-2-6-10(7-3-1)11-8-4-5-9-12-11;/h1-5,7,10,13-14,16H,8-9,11-12,15H2;1-6,8-9H;/q2*-1;. The van der Waals surface area contributed by atoms with Crippen molar-refractivity contribution in [2.75, 3.05) is 0 Å². The van der Waals surface area contributed by atoms with Gasteiger partial charge in [0.1, 0.15) is 5.58 Å². The summed E-state index contributed by atoms with van der Waals surface area (Å²) < 4.78 is 6.19. The summed E-state index contributed by atoms with van der Waals surface area (Å²) in [6.07, 6.45) is 10.6. The van der Waals surface area contributed by atoms with Gasteiger partial charge in [0.2, 0.25) is 0 Å². The van der Waals surface area contributed by atoms with Crippen LogP contribution in [0.25, 0.3) is 44.5 Å². The Morgan fingerprint density at radius 2 is 1.56 bits per heavy atom. The van der Waals surface area contributed by atoms with Crippen molar-refractivity contribution < 1.29 is 24.5 Å². The molecule has 0 spiro atoms. The van der Waals surface area contributed by atoms with E-state index in [4.69, 9.17) is 4.42 Å². The molecule has 0 unspecified atom stereocenters. The molecular weight excluding hydrogens is 657 g/mol. The summed E-state index contributed by atoms with van der Waals surface area (Å²) >= 11 is 0. The van der Waals surface area contributed by atoms with Crippen LogP contribution in [0.15, 0.2) is 108 Å². The second kappa shape index (κ2) is 10.9. The van der Waals surface area contributed by atoms with Crippen LogP contribution in [0, 0.1) is 18.1 Å². The third kappa shape index (κ3) is 4.84. The Morgan fingerprint density at radius 3 is 2.33 bits per heavy atom. The van der Waals surface area contributed by atoms with Crippen LogP contribution in [-0.4, -0.2) is 9.97 Å². The van der Waals surface area contributed by atoms with Crippen molar-refractivity contribution in [1.82, 2.24) is 9.97 Å². The molecule has 2 saturated carbocycles. The van der Waals surface area contributed by atoms with Crippen LogP contribution in [-0.2, 0) is 25.5 Å². The van der Waals surface area contributed by atoms with Crippen LogP contribution in [0.1, 0.15) is 37.7 Å². The number of nitrogens with zero attached hydrogens (tertiary/aromatic N) is 2. The summed E-state index contributed by atoms with van der Waals surface area (Å²) in [6.45, 7) is 0. The third-order valence-electron chi connectivity index (χ3n) is 8.36. The van der Waals surface area contributed by atoms with E-state index in [9.17, 15) is 0 Å². The smallest absolute Gasteiger partial charge is 0.120 e. The van der Waals surface area contributed by atoms with E-state index in [1.807, 2.05) is 66.9 Å². The first kappa shape index (κ1) is 25.7. The number of hydrogen-bond acceptors (Lipinski definition) is 3. The van der Waals surface area contributed by atoms with Crippen molar-refractivity contribution in [2.45, 2.75) is 37.5 Å². The fraction of sp³-hybridized carbons (Fsp3) is 0.200. The molecule has 6 aromatic rings. The van der Waals surface area contributed by atoms with Crippen molar-refractivity contribution in [1.29, 1.82) is 0 Å². The third-order valence-corrected chi connectivity index (χ3v) is 8.36. The van der Waals surface area contributed by atoms with Crippen LogP contribution in [0.2, 0.25) is 0 Å². The van der Waals surface area contributed by atoms with Gasteiger partial charge in [-0.05, 0) is 78.6 Å². The second-order valence-electron chi connectivity index (χ2n) is 10.5. The minimum absolute atomic E-state index is 0. The Hall–Kier alpha value is -3.59. The number of aromatic nitrogens is 2. The maximum Gasteiger partial charge on any atom is 0.120 e. The van der Waals surface area contributed by atoms with Gasteiger partial charge in [-0.25, -0.2) is 0 Å². The predicted molar refractivity (Wildman–Crippen MR) is 153 cm³/mol. The first-order chi connectivity index (χ1) is 18.8. The molecule has 0 N–H and O–H groups in total. The average Bonchev–Trinajstić information content (AvgIpc) is 3.73. The molecule has 2 fully saturated rings. The molecule has 0 amide bonds. The summed E-state index contributed by atoms with van der Waals surface area (Å²) in [5.74, 6) is 0.942. The monoisotopic (exact) mass is 685 g/mol. The molecular formula is C35H28IrN2O-2. The topological polar surface area (TPSA) is 38.9 Å². The zero-order chi connectivity index (χ0) is 25.4. The van der Waals surface area contributed by atoms with Crippen molar-refractivity contribution >= 4 is 21.9 Å². The van der Waals surface area contributed by atoms with Gasteiger partial charge in [0.05, 0.1) is 5.58 Å². The fourth-order valence-electron chi connectivity index (χ4n) is 6.45. The molecule has 39 heavy (non-hydrogen) atoms. The molecule has 3 nitrogen and oxygen atoms in total. The molecule has 2 aliphatic carbocycles. The molecule has 2 bridgehead atoms. The maximum absolute atomic E-state index is 6.19. The van der Waals surface area contributed by atoms with E-state index in [2.05, 4.69) is 52.4 Å². The zero-order valence-corrected chi connectivity index (χ0v) is 24.0. The van der Waals surface area contributed by atoms with E-state index < -0.39 is 0 Å². The van der Waals surface area contributed by atoms with Crippen molar-refractivity contribution in [2.24, 2.45) is 5.92 Å². The molecule has 3 heterocycles. The van der Waals surface area contributed by atoms with Gasteiger partial charge in [-0.2, -0.15) is 0 Å². The molecule has 3 aromatic heterocycles. The van der Waals surface area contributed by atoms with Gasteiger partial charge >= 0.3 is 0 Å². The molecule has 8 rings (SSSR count). The van der Waals surface area contributed by atoms with E-state index in [-0.39, 0.29) is 20.1 Å². The molecule has 0 aliphatic heterocycles. The van der Waals surface area contributed by atoms with Gasteiger partial charge in [-0.1, -0.05) is 47.3 Å². The number of rotatable bonds is 3. The Morgan fingerprint density at radius 1 is 0.744 bits per heavy atom. The summed E-state index contributed by atoms with van der Waals surface area (Å²) in [6, 6.07) is 37.0. The van der Waals surface area contributed by atoms with E-state index in [1.54, 1.807) is 6.20 Å². The molecule has 0 saturated heterocycles. The van der Waals surface area contributed by atoms with Gasteiger partial charge in [-0.15, -0.1) is 54.1 Å². The zero-order valence-electron chi connectivity index (χ0n) is 21.6. The minimum atomic E-state index is 0. The predicted octanol–water partition coefficient (Wildman–Crippen LogP) is 8.83. The molecule has 4 heteroatoms. The Balaban J connectivity index is 0.000000180. The number of furan rings is 1. The van der Waals surface area contributed by atoms with Crippen LogP contribution >= 0.6 is 0 Å². The quantitative estimate of drug-likeness (QED) is 0.175. The van der Waals surface area contributed by atoms with Gasteiger partial charge in [0, 0.05) is 37.9 Å². The molecule has 2 aliphatic rings. The number of fused-ring (bicyclic) bond motifs is 5. The van der Waals surface area contributed by atoms with Crippen LogP contribution in [0.5, 0.6) is 0 Å². The maximum atomic E-state index is 6.19. The average molecular weight is 685 g/mol. The van der Waals surface area contributed by atoms with E-state index >= 15 is 0 Å². The minimum Gasteiger partial charge on any atom is -0.501 e. The first-order valence-corrected chi connectivity index (χ1v) is 13.5. The number of hydrogen-bond donors (Lipinski definition) is 0. The summed E-state index contributed by atoms with van der Waals surface area (Å²) in [5.41, 5.74) is 7.64. The van der Waals surface area contributed by atoms with Crippen LogP contribution in [0.3, 0.4) is 0 Å². The normalized spacial score (nSPS) is 19.4. The van der Waals surface area contributed by atoms with Gasteiger partial charge < -0.3 is 14.4 Å². The van der Waals surface area contributed by atoms with E-state index in [0.717, 1.165) is 50.4 Å².